The summed E-state index contributed by atoms with van der Waals surface area (Å²) in [6.07, 6.45) is 4.33. The summed E-state index contributed by atoms with van der Waals surface area (Å²) in [5.41, 5.74) is 1.05. The molecule has 0 spiro atoms. The fourth-order valence-electron chi connectivity index (χ4n) is 3.93. The maximum Gasteiger partial charge on any atom is 0.316 e. The summed E-state index contributed by atoms with van der Waals surface area (Å²) in [7, 11) is 0. The van der Waals surface area contributed by atoms with Crippen LogP contribution in [0.2, 0.25) is 0 Å². The van der Waals surface area contributed by atoms with E-state index >= 15 is 0 Å². The monoisotopic (exact) mass is 364 g/mol. The molecule has 3 heteroatoms. The van der Waals surface area contributed by atoms with Gasteiger partial charge in [-0.3, -0.25) is 4.79 Å². The Balaban J connectivity index is 1.45. The molecule has 0 saturated heterocycles. The average molecular weight is 365 g/mol. The maximum atomic E-state index is 12.2. The Morgan fingerprint density at radius 2 is 1.69 bits per heavy atom. The number of rotatable bonds is 5. The van der Waals surface area contributed by atoms with Crippen molar-refractivity contribution in [2.24, 2.45) is 0 Å². The van der Waals surface area contributed by atoms with Gasteiger partial charge >= 0.3 is 5.97 Å². The second-order valence-electron chi connectivity index (χ2n) is 7.46. The Labute approximate surface area is 158 Å². The summed E-state index contributed by atoms with van der Waals surface area (Å²) < 4.78 is 5.72. The molecule has 1 aliphatic rings. The number of ether oxygens (including phenoxy) is 1. The van der Waals surface area contributed by atoms with Gasteiger partial charge in [0, 0.05) is 5.75 Å². The molecule has 0 aliphatic heterocycles. The minimum Gasteiger partial charge on any atom is -0.459 e. The minimum absolute atomic E-state index is 0.0786. The Bertz CT molecular complexity index is 941. The van der Waals surface area contributed by atoms with Crippen molar-refractivity contribution in [3.63, 3.8) is 0 Å². The molecule has 1 aliphatic carbocycles. The van der Waals surface area contributed by atoms with Gasteiger partial charge in [0.15, 0.2) is 0 Å². The van der Waals surface area contributed by atoms with Gasteiger partial charge in [0.1, 0.15) is 5.60 Å². The van der Waals surface area contributed by atoms with E-state index < -0.39 is 0 Å². The molecule has 0 N–H and O–H groups in total. The van der Waals surface area contributed by atoms with E-state index in [4.69, 9.17) is 4.74 Å². The first-order chi connectivity index (χ1) is 12.6. The summed E-state index contributed by atoms with van der Waals surface area (Å²) in [5, 5.41) is 5.04. The average Bonchev–Trinajstić information content (AvgIpc) is 3.06. The minimum atomic E-state index is -0.226. The lowest BCUT2D eigenvalue weighted by atomic mass is 10.0. The van der Waals surface area contributed by atoms with Crippen molar-refractivity contribution in [1.29, 1.82) is 0 Å². The first kappa shape index (κ1) is 17.4. The van der Waals surface area contributed by atoms with Crippen LogP contribution in [0.3, 0.4) is 0 Å². The van der Waals surface area contributed by atoms with Crippen molar-refractivity contribution in [3.05, 3.63) is 60.2 Å². The fourth-order valence-corrected chi connectivity index (χ4v) is 4.73. The van der Waals surface area contributed by atoms with Crippen molar-refractivity contribution in [1.82, 2.24) is 0 Å². The Morgan fingerprint density at radius 3 is 2.46 bits per heavy atom. The molecule has 1 fully saturated rings. The zero-order valence-electron chi connectivity index (χ0n) is 15.2. The molecular formula is C23H24O2S. The summed E-state index contributed by atoms with van der Waals surface area (Å²) in [5.74, 6) is 1.16. The zero-order chi connectivity index (χ0) is 18.0. The smallest absolute Gasteiger partial charge is 0.316 e. The highest BCUT2D eigenvalue weighted by Crippen LogP contribution is 2.33. The third-order valence-corrected chi connectivity index (χ3v) is 6.29. The highest BCUT2D eigenvalue weighted by atomic mass is 32.2. The number of hydrogen-bond donors (Lipinski definition) is 0. The number of carbonyl (C=O) groups is 1. The molecule has 0 amide bonds. The van der Waals surface area contributed by atoms with E-state index in [0.717, 1.165) is 18.6 Å². The largest absolute Gasteiger partial charge is 0.459 e. The topological polar surface area (TPSA) is 26.3 Å². The lowest BCUT2D eigenvalue weighted by molar-refractivity contribution is -0.154. The highest BCUT2D eigenvalue weighted by Gasteiger charge is 2.32. The molecule has 134 valence electrons. The second-order valence-corrected chi connectivity index (χ2v) is 8.45. The number of fused-ring (bicyclic) bond motifs is 2. The van der Waals surface area contributed by atoms with Crippen LogP contribution in [0.15, 0.2) is 54.6 Å². The van der Waals surface area contributed by atoms with Gasteiger partial charge in [0.2, 0.25) is 0 Å². The molecule has 26 heavy (non-hydrogen) atoms. The van der Waals surface area contributed by atoms with Crippen molar-refractivity contribution >= 4 is 39.3 Å². The van der Waals surface area contributed by atoms with Gasteiger partial charge in [-0.05, 0) is 71.8 Å². The van der Waals surface area contributed by atoms with Crippen LogP contribution in [0.1, 0.15) is 38.2 Å². The molecular weight excluding hydrogens is 340 g/mol. The van der Waals surface area contributed by atoms with E-state index in [-0.39, 0.29) is 11.6 Å². The van der Waals surface area contributed by atoms with Crippen molar-refractivity contribution in [2.75, 3.05) is 5.75 Å². The fraction of sp³-hybridized carbons (Fsp3) is 0.348. The molecule has 0 bridgehead atoms. The molecule has 0 radical (unpaired) electrons. The third-order valence-electron chi connectivity index (χ3n) is 5.34. The summed E-state index contributed by atoms with van der Waals surface area (Å²) in [6, 6.07) is 19.4. The van der Waals surface area contributed by atoms with Crippen LogP contribution in [-0.4, -0.2) is 17.3 Å². The zero-order valence-corrected chi connectivity index (χ0v) is 16.0. The molecule has 0 unspecified atom stereocenters. The Hall–Kier alpha value is -2.00. The molecule has 4 rings (SSSR count). The Kier molecular flexibility index (Phi) is 4.90. The van der Waals surface area contributed by atoms with Crippen LogP contribution < -0.4 is 0 Å². The molecule has 0 heterocycles. The predicted octanol–water partition coefficient (Wildman–Crippen LogP) is 6.10. The molecule has 3 aromatic rings. The van der Waals surface area contributed by atoms with Crippen LogP contribution in [-0.2, 0) is 15.3 Å². The number of carbonyl (C=O) groups excluding carboxylic acids is 1. The van der Waals surface area contributed by atoms with Gasteiger partial charge in [-0.15, -0.1) is 11.8 Å². The van der Waals surface area contributed by atoms with Crippen molar-refractivity contribution in [2.45, 2.75) is 44.0 Å². The number of esters is 1. The van der Waals surface area contributed by atoms with Gasteiger partial charge in [-0.1, -0.05) is 42.5 Å². The van der Waals surface area contributed by atoms with E-state index in [1.165, 1.54) is 39.9 Å². The molecule has 2 nitrogen and oxygen atoms in total. The van der Waals surface area contributed by atoms with Gasteiger partial charge < -0.3 is 4.74 Å². The SMILES string of the molecule is CC1(OC(=O)CSCc2cccc3cc4ccccc4cc23)CCCC1. The van der Waals surface area contributed by atoms with Gasteiger partial charge in [-0.2, -0.15) is 0 Å². The third kappa shape index (κ3) is 3.73. The highest BCUT2D eigenvalue weighted by molar-refractivity contribution is 7.99. The molecule has 0 aromatic heterocycles. The summed E-state index contributed by atoms with van der Waals surface area (Å²) in [6.45, 7) is 2.07. The van der Waals surface area contributed by atoms with Crippen molar-refractivity contribution < 1.29 is 9.53 Å². The van der Waals surface area contributed by atoms with E-state index in [0.29, 0.717) is 5.75 Å². The standard InChI is InChI=1S/C23H24O2S/c1-23(11-4-5-12-23)25-22(24)16-26-15-20-10-6-9-19-13-17-7-2-3-8-18(17)14-21(19)20/h2-3,6-10,13-14H,4-5,11-12,15-16H2,1H3. The number of thioether (sulfide) groups is 1. The van der Waals surface area contributed by atoms with Gasteiger partial charge in [-0.25, -0.2) is 0 Å². The second kappa shape index (κ2) is 7.32. The van der Waals surface area contributed by atoms with Crippen LogP contribution in [0.5, 0.6) is 0 Å². The number of benzene rings is 3. The van der Waals surface area contributed by atoms with Crippen LogP contribution in [0, 0.1) is 0 Å². The first-order valence-corrected chi connectivity index (χ1v) is 10.5. The number of hydrogen-bond acceptors (Lipinski definition) is 3. The lowest BCUT2D eigenvalue weighted by Crippen LogP contribution is -2.28. The summed E-state index contributed by atoms with van der Waals surface area (Å²) >= 11 is 1.64. The Morgan fingerprint density at radius 1 is 1.00 bits per heavy atom. The van der Waals surface area contributed by atoms with E-state index in [9.17, 15) is 4.79 Å². The summed E-state index contributed by atoms with van der Waals surface area (Å²) in [4.78, 5) is 12.2. The van der Waals surface area contributed by atoms with E-state index in [1.54, 1.807) is 11.8 Å². The van der Waals surface area contributed by atoms with Gasteiger partial charge in [0.25, 0.3) is 0 Å². The lowest BCUT2D eigenvalue weighted by Gasteiger charge is -2.23. The molecule has 0 atom stereocenters. The van der Waals surface area contributed by atoms with E-state index in [1.807, 2.05) is 0 Å². The van der Waals surface area contributed by atoms with Gasteiger partial charge in [0.05, 0.1) is 5.75 Å². The first-order valence-electron chi connectivity index (χ1n) is 9.33. The normalized spacial score (nSPS) is 16.2. The van der Waals surface area contributed by atoms with Crippen molar-refractivity contribution in [3.8, 4) is 0 Å². The molecule has 1 saturated carbocycles. The quantitative estimate of drug-likeness (QED) is 0.404. The maximum absolute atomic E-state index is 12.2. The van der Waals surface area contributed by atoms with Crippen LogP contribution in [0.25, 0.3) is 21.5 Å². The van der Waals surface area contributed by atoms with E-state index in [2.05, 4.69) is 61.5 Å². The van der Waals surface area contributed by atoms with Crippen LogP contribution in [0.4, 0.5) is 0 Å². The molecule has 3 aromatic carbocycles. The predicted molar refractivity (Wildman–Crippen MR) is 111 cm³/mol. The van der Waals surface area contributed by atoms with Crippen LogP contribution >= 0.6 is 11.8 Å².